The lowest BCUT2D eigenvalue weighted by atomic mass is 10.1. The summed E-state index contributed by atoms with van der Waals surface area (Å²) in [5, 5.41) is 7.07. The first-order valence-corrected chi connectivity index (χ1v) is 5.78. The molecule has 1 amide bonds. The number of aromatic nitrogens is 2. The average Bonchev–Trinajstić information content (AvgIpc) is 2.52. The van der Waals surface area contributed by atoms with E-state index in [1.165, 1.54) is 0 Å². The van der Waals surface area contributed by atoms with E-state index in [0.717, 1.165) is 24.2 Å². The molecule has 1 heterocycles. The summed E-state index contributed by atoms with van der Waals surface area (Å²) >= 11 is 0. The Bertz CT molecular complexity index is 454. The van der Waals surface area contributed by atoms with Gasteiger partial charge in [-0.15, -0.1) is 6.42 Å². The maximum absolute atomic E-state index is 12.1. The minimum absolute atomic E-state index is 0.135. The summed E-state index contributed by atoms with van der Waals surface area (Å²) in [6, 6.07) is -0.202. The molecule has 4 nitrogen and oxygen atoms in total. The number of carbonyl (C=O) groups excluding carboxylic acids is 1. The Balaban J connectivity index is 2.87. The molecule has 0 aliphatic heterocycles. The standard InChI is InChI=1S/C13H19N3O/c1-6-8-11(7-2)14-13(17)12-9(3)15-16(5)10(12)4/h2,11H,6,8H2,1,3-5H3,(H,14,17). The van der Waals surface area contributed by atoms with Gasteiger partial charge in [0.25, 0.3) is 5.91 Å². The van der Waals surface area contributed by atoms with Crippen molar-refractivity contribution in [2.45, 2.75) is 39.7 Å². The summed E-state index contributed by atoms with van der Waals surface area (Å²) < 4.78 is 1.70. The van der Waals surface area contributed by atoms with Crippen LogP contribution in [0.4, 0.5) is 0 Å². The van der Waals surface area contributed by atoms with E-state index in [1.54, 1.807) is 4.68 Å². The molecule has 17 heavy (non-hydrogen) atoms. The first-order valence-electron chi connectivity index (χ1n) is 5.78. The van der Waals surface area contributed by atoms with Gasteiger partial charge in [0.1, 0.15) is 0 Å². The molecule has 0 radical (unpaired) electrons. The van der Waals surface area contributed by atoms with Crippen LogP contribution < -0.4 is 5.32 Å². The first kappa shape index (κ1) is 13.3. The third-order valence-electron chi connectivity index (χ3n) is 2.82. The summed E-state index contributed by atoms with van der Waals surface area (Å²) in [7, 11) is 1.82. The van der Waals surface area contributed by atoms with Crippen LogP contribution in [0.3, 0.4) is 0 Å². The second-order valence-electron chi connectivity index (χ2n) is 4.15. The van der Waals surface area contributed by atoms with Gasteiger partial charge in [0, 0.05) is 12.7 Å². The number of rotatable bonds is 4. The Kier molecular flexibility index (Phi) is 4.33. The Morgan fingerprint density at radius 1 is 1.59 bits per heavy atom. The topological polar surface area (TPSA) is 46.9 Å². The highest BCUT2D eigenvalue weighted by atomic mass is 16.1. The molecule has 92 valence electrons. The van der Waals surface area contributed by atoms with Crippen LogP contribution in [0.25, 0.3) is 0 Å². The van der Waals surface area contributed by atoms with Gasteiger partial charge in [0.05, 0.1) is 17.3 Å². The largest absolute Gasteiger partial charge is 0.338 e. The molecule has 0 bridgehead atoms. The van der Waals surface area contributed by atoms with Gasteiger partial charge < -0.3 is 5.32 Å². The van der Waals surface area contributed by atoms with Gasteiger partial charge in [-0.25, -0.2) is 0 Å². The fourth-order valence-corrected chi connectivity index (χ4v) is 1.82. The monoisotopic (exact) mass is 233 g/mol. The zero-order valence-electron chi connectivity index (χ0n) is 10.9. The molecule has 0 aromatic carbocycles. The van der Waals surface area contributed by atoms with E-state index in [0.29, 0.717) is 5.56 Å². The van der Waals surface area contributed by atoms with Gasteiger partial charge >= 0.3 is 0 Å². The van der Waals surface area contributed by atoms with Crippen molar-refractivity contribution >= 4 is 5.91 Å². The van der Waals surface area contributed by atoms with Crippen molar-refractivity contribution in [1.82, 2.24) is 15.1 Å². The van der Waals surface area contributed by atoms with Crippen LogP contribution in [0.15, 0.2) is 0 Å². The lowest BCUT2D eigenvalue weighted by Crippen LogP contribution is -2.34. The van der Waals surface area contributed by atoms with Crippen LogP contribution in [0.1, 0.15) is 41.5 Å². The Morgan fingerprint density at radius 2 is 2.24 bits per heavy atom. The minimum atomic E-state index is -0.202. The fraction of sp³-hybridized carbons (Fsp3) is 0.538. The van der Waals surface area contributed by atoms with E-state index in [2.05, 4.69) is 16.3 Å². The maximum Gasteiger partial charge on any atom is 0.255 e. The molecule has 0 aliphatic rings. The van der Waals surface area contributed by atoms with E-state index in [1.807, 2.05) is 27.8 Å². The molecule has 0 fully saturated rings. The lowest BCUT2D eigenvalue weighted by molar-refractivity contribution is 0.0943. The SMILES string of the molecule is C#CC(CCC)NC(=O)c1c(C)nn(C)c1C. The molecule has 1 rings (SSSR count). The molecule has 1 aromatic heterocycles. The van der Waals surface area contributed by atoms with Crippen molar-refractivity contribution in [3.05, 3.63) is 17.0 Å². The number of nitrogens with zero attached hydrogens (tertiary/aromatic N) is 2. The van der Waals surface area contributed by atoms with Crippen molar-refractivity contribution in [3.8, 4) is 12.3 Å². The van der Waals surface area contributed by atoms with Crippen LogP contribution >= 0.6 is 0 Å². The quantitative estimate of drug-likeness (QED) is 0.802. The number of hydrogen-bond donors (Lipinski definition) is 1. The highest BCUT2D eigenvalue weighted by Gasteiger charge is 2.19. The van der Waals surface area contributed by atoms with Crippen LogP contribution in [0.2, 0.25) is 0 Å². The molecular weight excluding hydrogens is 214 g/mol. The van der Waals surface area contributed by atoms with Crippen molar-refractivity contribution in [3.63, 3.8) is 0 Å². The molecule has 4 heteroatoms. The summed E-state index contributed by atoms with van der Waals surface area (Å²) in [5.74, 6) is 2.46. The third kappa shape index (κ3) is 2.88. The second-order valence-corrected chi connectivity index (χ2v) is 4.15. The average molecular weight is 233 g/mol. The maximum atomic E-state index is 12.1. The van der Waals surface area contributed by atoms with Gasteiger partial charge in [0.15, 0.2) is 0 Å². The normalized spacial score (nSPS) is 11.9. The number of aryl methyl sites for hydroxylation is 2. The number of terminal acetylenes is 1. The Morgan fingerprint density at radius 3 is 2.65 bits per heavy atom. The Labute approximate surface area is 102 Å². The minimum Gasteiger partial charge on any atom is -0.338 e. The molecule has 1 atom stereocenters. The zero-order chi connectivity index (χ0) is 13.0. The van der Waals surface area contributed by atoms with Crippen LogP contribution in [-0.2, 0) is 7.05 Å². The summed E-state index contributed by atoms with van der Waals surface area (Å²) in [5.41, 5.74) is 2.21. The molecule has 1 aromatic rings. The highest BCUT2D eigenvalue weighted by molar-refractivity contribution is 5.96. The number of nitrogens with one attached hydrogen (secondary N) is 1. The smallest absolute Gasteiger partial charge is 0.255 e. The van der Waals surface area contributed by atoms with Gasteiger partial charge in [-0.2, -0.15) is 5.10 Å². The van der Waals surface area contributed by atoms with Gasteiger partial charge in [-0.1, -0.05) is 19.3 Å². The van der Waals surface area contributed by atoms with E-state index >= 15 is 0 Å². The molecule has 0 saturated carbocycles. The van der Waals surface area contributed by atoms with E-state index in [9.17, 15) is 4.79 Å². The molecule has 1 unspecified atom stereocenters. The van der Waals surface area contributed by atoms with Gasteiger partial charge in [-0.05, 0) is 20.3 Å². The third-order valence-corrected chi connectivity index (χ3v) is 2.82. The van der Waals surface area contributed by atoms with E-state index in [-0.39, 0.29) is 11.9 Å². The first-order chi connectivity index (χ1) is 8.01. The fourth-order valence-electron chi connectivity index (χ4n) is 1.82. The summed E-state index contributed by atoms with van der Waals surface area (Å²) in [6.07, 6.45) is 7.12. The second kappa shape index (κ2) is 5.53. The van der Waals surface area contributed by atoms with Crippen LogP contribution in [0, 0.1) is 26.2 Å². The zero-order valence-corrected chi connectivity index (χ0v) is 10.9. The van der Waals surface area contributed by atoms with Crippen molar-refractivity contribution < 1.29 is 4.79 Å². The Hall–Kier alpha value is -1.76. The molecule has 1 N–H and O–H groups in total. The van der Waals surface area contributed by atoms with Crippen LogP contribution in [0.5, 0.6) is 0 Å². The lowest BCUT2D eigenvalue weighted by Gasteiger charge is -2.12. The highest BCUT2D eigenvalue weighted by Crippen LogP contribution is 2.12. The molecule has 0 saturated heterocycles. The number of amides is 1. The van der Waals surface area contributed by atoms with E-state index < -0.39 is 0 Å². The van der Waals surface area contributed by atoms with Gasteiger partial charge in [-0.3, -0.25) is 9.48 Å². The van der Waals surface area contributed by atoms with E-state index in [4.69, 9.17) is 6.42 Å². The molecule has 0 aliphatic carbocycles. The number of hydrogen-bond acceptors (Lipinski definition) is 2. The van der Waals surface area contributed by atoms with Crippen molar-refractivity contribution in [2.75, 3.05) is 0 Å². The predicted octanol–water partition coefficient (Wildman–Crippen LogP) is 1.57. The molecule has 0 spiro atoms. The summed E-state index contributed by atoms with van der Waals surface area (Å²) in [6.45, 7) is 5.74. The van der Waals surface area contributed by atoms with Crippen molar-refractivity contribution in [2.24, 2.45) is 7.05 Å². The number of carbonyl (C=O) groups is 1. The van der Waals surface area contributed by atoms with Crippen molar-refractivity contribution in [1.29, 1.82) is 0 Å². The van der Waals surface area contributed by atoms with Gasteiger partial charge in [0.2, 0.25) is 0 Å². The summed E-state index contributed by atoms with van der Waals surface area (Å²) in [4.78, 5) is 12.1. The molecular formula is C13H19N3O. The predicted molar refractivity (Wildman–Crippen MR) is 67.7 cm³/mol. The van der Waals surface area contributed by atoms with Crippen LogP contribution in [-0.4, -0.2) is 21.7 Å².